The third-order valence-corrected chi connectivity index (χ3v) is 5.09. The Morgan fingerprint density at radius 2 is 2.18 bits per heavy atom. The van der Waals surface area contributed by atoms with E-state index in [0.717, 1.165) is 8.57 Å². The van der Waals surface area contributed by atoms with Crippen molar-refractivity contribution in [1.29, 1.82) is 0 Å². The van der Waals surface area contributed by atoms with E-state index in [1.807, 2.05) is 35.7 Å². The standard InChI is InChI=1S/C15H13IN2O3S/c16-12-5-2-1-4-11(12)14(19)17-8-10-9-18(15(20)21-10)13-6-3-7-22-13/h1-7,10H,8-9H2,(H,17,19). The number of cyclic esters (lactones) is 1. The lowest BCUT2D eigenvalue weighted by atomic mass is 10.2. The molecule has 3 rings (SSSR count). The maximum Gasteiger partial charge on any atom is 0.415 e. The zero-order valence-corrected chi connectivity index (χ0v) is 14.5. The molecular weight excluding hydrogens is 415 g/mol. The number of carbonyl (C=O) groups is 2. The van der Waals surface area contributed by atoms with Crippen LogP contribution in [0.4, 0.5) is 9.80 Å². The van der Waals surface area contributed by atoms with Crippen molar-refractivity contribution in [3.8, 4) is 0 Å². The second kappa shape index (κ2) is 6.66. The van der Waals surface area contributed by atoms with Gasteiger partial charge in [0.1, 0.15) is 11.1 Å². The van der Waals surface area contributed by atoms with Crippen molar-refractivity contribution in [2.24, 2.45) is 0 Å². The number of hydrogen-bond donors (Lipinski definition) is 1. The van der Waals surface area contributed by atoms with Crippen molar-refractivity contribution in [2.45, 2.75) is 6.10 Å². The van der Waals surface area contributed by atoms with Crippen molar-refractivity contribution in [3.63, 3.8) is 0 Å². The highest BCUT2D eigenvalue weighted by Crippen LogP contribution is 2.26. The van der Waals surface area contributed by atoms with Crippen LogP contribution in [0, 0.1) is 3.57 Å². The van der Waals surface area contributed by atoms with Gasteiger partial charge < -0.3 is 10.1 Å². The zero-order valence-electron chi connectivity index (χ0n) is 11.5. The first-order valence-electron chi connectivity index (χ1n) is 6.69. The summed E-state index contributed by atoms with van der Waals surface area (Å²) >= 11 is 3.61. The number of rotatable bonds is 4. The number of ether oxygens (including phenoxy) is 1. The molecule has 0 spiro atoms. The van der Waals surface area contributed by atoms with Crippen molar-refractivity contribution >= 4 is 50.9 Å². The van der Waals surface area contributed by atoms with Crippen molar-refractivity contribution in [1.82, 2.24) is 5.32 Å². The van der Waals surface area contributed by atoms with E-state index in [1.165, 1.54) is 11.3 Å². The molecule has 1 fully saturated rings. The molecule has 5 nitrogen and oxygen atoms in total. The Balaban J connectivity index is 1.58. The van der Waals surface area contributed by atoms with Gasteiger partial charge in [-0.1, -0.05) is 12.1 Å². The highest BCUT2D eigenvalue weighted by molar-refractivity contribution is 14.1. The minimum absolute atomic E-state index is 0.157. The molecule has 1 atom stereocenters. The second-order valence-corrected chi connectivity index (χ2v) is 6.85. The highest BCUT2D eigenvalue weighted by Gasteiger charge is 2.33. The third-order valence-electron chi connectivity index (χ3n) is 3.26. The van der Waals surface area contributed by atoms with Gasteiger partial charge in [-0.25, -0.2) is 4.79 Å². The summed E-state index contributed by atoms with van der Waals surface area (Å²) < 4.78 is 6.18. The second-order valence-electron chi connectivity index (χ2n) is 4.76. The Morgan fingerprint density at radius 1 is 1.36 bits per heavy atom. The topological polar surface area (TPSA) is 58.6 Å². The summed E-state index contributed by atoms with van der Waals surface area (Å²) in [6.45, 7) is 0.753. The normalized spacial score (nSPS) is 17.4. The van der Waals surface area contributed by atoms with E-state index >= 15 is 0 Å². The SMILES string of the molecule is O=C(NCC1CN(c2cccs2)C(=O)O1)c1ccccc1I. The summed E-state index contributed by atoms with van der Waals surface area (Å²) in [5.74, 6) is -0.157. The average Bonchev–Trinajstić information content (AvgIpc) is 3.14. The van der Waals surface area contributed by atoms with Gasteiger partial charge in [-0.05, 0) is 52.2 Å². The van der Waals surface area contributed by atoms with Crippen LogP contribution in [0.2, 0.25) is 0 Å². The third kappa shape index (κ3) is 3.25. The fourth-order valence-corrected chi connectivity index (χ4v) is 3.54. The summed E-state index contributed by atoms with van der Waals surface area (Å²) in [6.07, 6.45) is -0.698. The molecule has 2 heterocycles. The smallest absolute Gasteiger partial charge is 0.415 e. The van der Waals surface area contributed by atoms with Gasteiger partial charge in [0.2, 0.25) is 0 Å². The summed E-state index contributed by atoms with van der Waals surface area (Å²) in [5.41, 5.74) is 0.627. The molecule has 2 aromatic rings. The average molecular weight is 428 g/mol. The van der Waals surface area contributed by atoms with Crippen molar-refractivity contribution in [3.05, 3.63) is 50.9 Å². The predicted molar refractivity (Wildman–Crippen MR) is 93.4 cm³/mol. The molecule has 0 bridgehead atoms. The zero-order chi connectivity index (χ0) is 15.5. The Kier molecular flexibility index (Phi) is 4.63. The lowest BCUT2D eigenvalue weighted by molar-refractivity contribution is 0.0915. The number of nitrogens with one attached hydrogen (secondary N) is 1. The first-order chi connectivity index (χ1) is 10.6. The molecule has 1 aromatic carbocycles. The molecule has 0 saturated carbocycles. The first kappa shape index (κ1) is 15.3. The molecular formula is C15H13IN2O3S. The van der Waals surface area contributed by atoms with Crippen molar-refractivity contribution in [2.75, 3.05) is 18.0 Å². The summed E-state index contributed by atoms with van der Waals surface area (Å²) in [5, 5.41) is 5.59. The van der Waals surface area contributed by atoms with E-state index in [2.05, 4.69) is 27.9 Å². The maximum absolute atomic E-state index is 12.1. The molecule has 7 heteroatoms. The first-order valence-corrected chi connectivity index (χ1v) is 8.65. The van der Waals surface area contributed by atoms with Crippen LogP contribution in [-0.2, 0) is 4.74 Å². The van der Waals surface area contributed by atoms with Gasteiger partial charge in [0.05, 0.1) is 18.7 Å². The Hall–Kier alpha value is -1.61. The van der Waals surface area contributed by atoms with Crippen LogP contribution in [-0.4, -0.2) is 31.2 Å². The molecule has 114 valence electrons. The molecule has 1 aliphatic rings. The minimum atomic E-state index is -0.365. The quantitative estimate of drug-likeness (QED) is 0.762. The Morgan fingerprint density at radius 3 is 2.91 bits per heavy atom. The Labute approximate surface area is 145 Å². The summed E-state index contributed by atoms with van der Waals surface area (Å²) in [6, 6.07) is 11.1. The molecule has 1 saturated heterocycles. The van der Waals surface area contributed by atoms with Crippen LogP contribution in [0.3, 0.4) is 0 Å². The molecule has 1 unspecified atom stereocenters. The van der Waals surface area contributed by atoms with Crippen LogP contribution in [0.15, 0.2) is 41.8 Å². The number of benzene rings is 1. The molecule has 1 aromatic heterocycles. The molecule has 22 heavy (non-hydrogen) atoms. The molecule has 2 amide bonds. The maximum atomic E-state index is 12.1. The lowest BCUT2D eigenvalue weighted by Crippen LogP contribution is -2.34. The number of anilines is 1. The lowest BCUT2D eigenvalue weighted by Gasteiger charge is -2.11. The molecule has 0 radical (unpaired) electrons. The van der Waals surface area contributed by atoms with Crippen LogP contribution < -0.4 is 10.2 Å². The number of halogens is 1. The van der Waals surface area contributed by atoms with Crippen LogP contribution in [0.1, 0.15) is 10.4 Å². The van der Waals surface area contributed by atoms with E-state index in [1.54, 1.807) is 11.0 Å². The molecule has 1 N–H and O–H groups in total. The fourth-order valence-electron chi connectivity index (χ4n) is 2.18. The molecule has 1 aliphatic heterocycles. The van der Waals surface area contributed by atoms with Gasteiger partial charge in [-0.15, -0.1) is 11.3 Å². The highest BCUT2D eigenvalue weighted by atomic mass is 127. The van der Waals surface area contributed by atoms with Gasteiger partial charge >= 0.3 is 6.09 Å². The number of thiophene rings is 1. The van der Waals surface area contributed by atoms with Gasteiger partial charge in [-0.2, -0.15) is 0 Å². The van der Waals surface area contributed by atoms with Crippen LogP contribution in [0.5, 0.6) is 0 Å². The summed E-state index contributed by atoms with van der Waals surface area (Å²) in [7, 11) is 0. The minimum Gasteiger partial charge on any atom is -0.442 e. The summed E-state index contributed by atoms with van der Waals surface area (Å²) in [4.78, 5) is 25.6. The van der Waals surface area contributed by atoms with E-state index < -0.39 is 0 Å². The Bertz CT molecular complexity index is 690. The number of hydrogen-bond acceptors (Lipinski definition) is 4. The predicted octanol–water partition coefficient (Wildman–Crippen LogP) is 3.11. The van der Waals surface area contributed by atoms with Crippen LogP contribution >= 0.6 is 33.9 Å². The van der Waals surface area contributed by atoms with Gasteiger partial charge in [-0.3, -0.25) is 9.69 Å². The van der Waals surface area contributed by atoms with E-state index in [0.29, 0.717) is 18.7 Å². The fraction of sp³-hybridized carbons (Fsp3) is 0.200. The number of nitrogens with zero attached hydrogens (tertiary/aromatic N) is 1. The monoisotopic (exact) mass is 428 g/mol. The van der Waals surface area contributed by atoms with Gasteiger partial charge in [0, 0.05) is 3.57 Å². The van der Waals surface area contributed by atoms with Gasteiger partial charge in [0.25, 0.3) is 5.91 Å². The van der Waals surface area contributed by atoms with Gasteiger partial charge in [0.15, 0.2) is 0 Å². The largest absolute Gasteiger partial charge is 0.442 e. The number of carbonyl (C=O) groups excluding carboxylic acids is 2. The van der Waals surface area contributed by atoms with E-state index in [9.17, 15) is 9.59 Å². The van der Waals surface area contributed by atoms with Crippen molar-refractivity contribution < 1.29 is 14.3 Å². The molecule has 0 aliphatic carbocycles. The van der Waals surface area contributed by atoms with Crippen LogP contribution in [0.25, 0.3) is 0 Å². The number of amides is 2. The van der Waals surface area contributed by atoms with E-state index in [-0.39, 0.29) is 18.1 Å². The van der Waals surface area contributed by atoms with E-state index in [4.69, 9.17) is 4.74 Å².